The molecule has 1 N–H and O–H groups in total. The molecular formula is C14H14FNO3S. The van der Waals surface area contributed by atoms with Gasteiger partial charge in [0.25, 0.3) is 10.0 Å². The lowest BCUT2D eigenvalue weighted by Crippen LogP contribution is -2.13. The Morgan fingerprint density at radius 3 is 2.30 bits per heavy atom. The highest BCUT2D eigenvalue weighted by Crippen LogP contribution is 2.20. The Kier molecular flexibility index (Phi) is 3.94. The van der Waals surface area contributed by atoms with Gasteiger partial charge in [0, 0.05) is 5.69 Å². The third kappa shape index (κ3) is 3.08. The number of anilines is 1. The van der Waals surface area contributed by atoms with Crippen molar-refractivity contribution in [1.82, 2.24) is 0 Å². The number of rotatable bonds is 4. The number of nitrogens with one attached hydrogen (secondary N) is 1. The van der Waals surface area contributed by atoms with Crippen LogP contribution < -0.4 is 9.46 Å². The summed E-state index contributed by atoms with van der Waals surface area (Å²) >= 11 is 0. The molecule has 0 atom stereocenters. The number of hydrogen-bond donors (Lipinski definition) is 1. The molecule has 0 aromatic heterocycles. The lowest BCUT2D eigenvalue weighted by Gasteiger charge is -2.09. The Hall–Kier alpha value is -2.08. The average molecular weight is 295 g/mol. The van der Waals surface area contributed by atoms with Crippen LogP contribution in [0.3, 0.4) is 0 Å². The zero-order valence-corrected chi connectivity index (χ0v) is 11.9. The maximum atomic E-state index is 13.1. The normalized spacial score (nSPS) is 11.2. The van der Waals surface area contributed by atoms with Gasteiger partial charge >= 0.3 is 0 Å². The monoisotopic (exact) mass is 295 g/mol. The van der Waals surface area contributed by atoms with Gasteiger partial charge in [-0.3, -0.25) is 4.72 Å². The van der Waals surface area contributed by atoms with Crippen LogP contribution in [0, 0.1) is 12.7 Å². The Bertz CT molecular complexity index is 712. The van der Waals surface area contributed by atoms with Gasteiger partial charge in [-0.05, 0) is 55.0 Å². The molecule has 0 aliphatic heterocycles. The first-order valence-electron chi connectivity index (χ1n) is 5.85. The van der Waals surface area contributed by atoms with Crippen LogP contribution in [-0.4, -0.2) is 15.5 Å². The lowest BCUT2D eigenvalue weighted by molar-refractivity contribution is 0.414. The molecule has 0 saturated carbocycles. The standard InChI is InChI=1S/C14H14FNO3S/c1-10-9-11(3-8-14(10)15)16-20(17,18)13-6-4-12(19-2)5-7-13/h3-9,16H,1-2H3. The predicted molar refractivity (Wildman–Crippen MR) is 74.9 cm³/mol. The molecule has 4 nitrogen and oxygen atoms in total. The van der Waals surface area contributed by atoms with Crippen molar-refractivity contribution < 1.29 is 17.5 Å². The van der Waals surface area contributed by atoms with E-state index in [0.29, 0.717) is 17.0 Å². The van der Waals surface area contributed by atoms with Crippen molar-refractivity contribution >= 4 is 15.7 Å². The van der Waals surface area contributed by atoms with Crippen LogP contribution in [-0.2, 0) is 10.0 Å². The Labute approximate surface area is 117 Å². The van der Waals surface area contributed by atoms with Crippen molar-refractivity contribution in [3.63, 3.8) is 0 Å². The highest BCUT2D eigenvalue weighted by Gasteiger charge is 2.14. The minimum Gasteiger partial charge on any atom is -0.497 e. The first kappa shape index (κ1) is 14.3. The topological polar surface area (TPSA) is 55.4 Å². The molecule has 2 aromatic rings. The number of ether oxygens (including phenoxy) is 1. The van der Waals surface area contributed by atoms with Gasteiger partial charge in [-0.1, -0.05) is 0 Å². The number of aryl methyl sites for hydroxylation is 1. The quantitative estimate of drug-likeness (QED) is 0.943. The molecular weight excluding hydrogens is 281 g/mol. The average Bonchev–Trinajstić information content (AvgIpc) is 2.43. The molecule has 0 radical (unpaired) electrons. The molecule has 2 rings (SSSR count). The van der Waals surface area contributed by atoms with E-state index in [1.54, 1.807) is 19.1 Å². The van der Waals surface area contributed by atoms with Gasteiger partial charge in [-0.15, -0.1) is 0 Å². The van der Waals surface area contributed by atoms with Gasteiger partial charge in [0.2, 0.25) is 0 Å². The summed E-state index contributed by atoms with van der Waals surface area (Å²) in [6.07, 6.45) is 0. The molecule has 0 aliphatic carbocycles. The second kappa shape index (κ2) is 5.50. The van der Waals surface area contributed by atoms with Gasteiger partial charge in [0.15, 0.2) is 0 Å². The summed E-state index contributed by atoms with van der Waals surface area (Å²) in [6.45, 7) is 1.57. The van der Waals surface area contributed by atoms with E-state index in [1.165, 1.54) is 37.4 Å². The fraction of sp³-hybridized carbons (Fsp3) is 0.143. The number of halogens is 1. The molecule has 0 aliphatic rings. The van der Waals surface area contributed by atoms with Gasteiger partial charge in [-0.25, -0.2) is 12.8 Å². The van der Waals surface area contributed by atoms with E-state index in [1.807, 2.05) is 0 Å². The molecule has 106 valence electrons. The molecule has 0 fully saturated rings. The summed E-state index contributed by atoms with van der Waals surface area (Å²) in [5, 5.41) is 0. The molecule has 0 bridgehead atoms. The van der Waals surface area contributed by atoms with Gasteiger partial charge in [0.1, 0.15) is 11.6 Å². The third-order valence-corrected chi connectivity index (χ3v) is 4.18. The largest absolute Gasteiger partial charge is 0.497 e. The van der Waals surface area contributed by atoms with Crippen molar-refractivity contribution in [2.45, 2.75) is 11.8 Å². The molecule has 0 saturated heterocycles. The van der Waals surface area contributed by atoms with Crippen molar-refractivity contribution in [3.05, 3.63) is 53.8 Å². The van der Waals surface area contributed by atoms with Crippen LogP contribution in [0.15, 0.2) is 47.4 Å². The summed E-state index contributed by atoms with van der Waals surface area (Å²) in [5.74, 6) is 0.193. The summed E-state index contributed by atoms with van der Waals surface area (Å²) in [5.41, 5.74) is 0.694. The second-order valence-electron chi connectivity index (χ2n) is 4.24. The van der Waals surface area contributed by atoms with E-state index in [-0.39, 0.29) is 10.7 Å². The summed E-state index contributed by atoms with van der Waals surface area (Å²) < 4.78 is 44.8. The molecule has 0 spiro atoms. The zero-order valence-electron chi connectivity index (χ0n) is 11.1. The van der Waals surface area contributed by atoms with Gasteiger partial charge < -0.3 is 4.74 Å². The first-order chi connectivity index (χ1) is 9.42. The first-order valence-corrected chi connectivity index (χ1v) is 7.34. The lowest BCUT2D eigenvalue weighted by atomic mass is 10.2. The van der Waals surface area contributed by atoms with E-state index < -0.39 is 10.0 Å². The Morgan fingerprint density at radius 2 is 1.75 bits per heavy atom. The van der Waals surface area contributed by atoms with Gasteiger partial charge in [0.05, 0.1) is 12.0 Å². The van der Waals surface area contributed by atoms with Crippen LogP contribution >= 0.6 is 0 Å². The highest BCUT2D eigenvalue weighted by atomic mass is 32.2. The summed E-state index contributed by atoms with van der Waals surface area (Å²) in [7, 11) is -2.19. The maximum absolute atomic E-state index is 13.1. The van der Waals surface area contributed by atoms with E-state index in [2.05, 4.69) is 4.72 Å². The SMILES string of the molecule is COc1ccc(S(=O)(=O)Nc2ccc(F)c(C)c2)cc1. The summed E-state index contributed by atoms with van der Waals surface area (Å²) in [6, 6.07) is 10.0. The smallest absolute Gasteiger partial charge is 0.261 e. The third-order valence-electron chi connectivity index (χ3n) is 2.78. The number of hydrogen-bond acceptors (Lipinski definition) is 3. The van der Waals surface area contributed by atoms with E-state index in [0.717, 1.165) is 0 Å². The number of sulfonamides is 1. The van der Waals surface area contributed by atoms with Gasteiger partial charge in [-0.2, -0.15) is 0 Å². The van der Waals surface area contributed by atoms with Crippen LogP contribution in [0.5, 0.6) is 5.75 Å². The van der Waals surface area contributed by atoms with Crippen molar-refractivity contribution in [1.29, 1.82) is 0 Å². The van der Waals surface area contributed by atoms with Crippen LogP contribution in [0.4, 0.5) is 10.1 Å². The van der Waals surface area contributed by atoms with E-state index >= 15 is 0 Å². The van der Waals surface area contributed by atoms with Crippen LogP contribution in [0.2, 0.25) is 0 Å². The van der Waals surface area contributed by atoms with Crippen molar-refractivity contribution in [2.24, 2.45) is 0 Å². The van der Waals surface area contributed by atoms with E-state index in [4.69, 9.17) is 4.74 Å². The second-order valence-corrected chi connectivity index (χ2v) is 5.93. The zero-order chi connectivity index (χ0) is 14.8. The van der Waals surface area contributed by atoms with Crippen molar-refractivity contribution in [3.8, 4) is 5.75 Å². The van der Waals surface area contributed by atoms with Crippen LogP contribution in [0.25, 0.3) is 0 Å². The Balaban J connectivity index is 2.27. The molecule has 0 heterocycles. The van der Waals surface area contributed by atoms with Crippen LogP contribution in [0.1, 0.15) is 5.56 Å². The molecule has 0 unspecified atom stereocenters. The molecule has 0 amide bonds. The molecule has 6 heteroatoms. The molecule has 20 heavy (non-hydrogen) atoms. The maximum Gasteiger partial charge on any atom is 0.261 e. The minimum atomic E-state index is -3.70. The fourth-order valence-electron chi connectivity index (χ4n) is 1.68. The predicted octanol–water partition coefficient (Wildman–Crippen LogP) is 2.94. The Morgan fingerprint density at radius 1 is 1.10 bits per heavy atom. The highest BCUT2D eigenvalue weighted by molar-refractivity contribution is 7.92. The number of benzene rings is 2. The minimum absolute atomic E-state index is 0.111. The van der Waals surface area contributed by atoms with Crippen molar-refractivity contribution in [2.75, 3.05) is 11.8 Å². The summed E-state index contributed by atoms with van der Waals surface area (Å²) in [4.78, 5) is 0.111. The number of methoxy groups -OCH3 is 1. The molecule has 2 aromatic carbocycles. The van der Waals surface area contributed by atoms with E-state index in [9.17, 15) is 12.8 Å². The fourth-order valence-corrected chi connectivity index (χ4v) is 2.73.